The van der Waals surface area contributed by atoms with Gasteiger partial charge in [0.05, 0.1) is 5.69 Å². The van der Waals surface area contributed by atoms with Gasteiger partial charge in [-0.05, 0) is 18.6 Å². The first-order chi connectivity index (χ1) is 9.25. The van der Waals surface area contributed by atoms with Crippen molar-refractivity contribution in [3.05, 3.63) is 66.5 Å². The van der Waals surface area contributed by atoms with Gasteiger partial charge in [0.1, 0.15) is 11.6 Å². The Morgan fingerprint density at radius 1 is 1.05 bits per heavy atom. The van der Waals surface area contributed by atoms with Crippen LogP contribution in [0.2, 0.25) is 0 Å². The fraction of sp³-hybridized carbons (Fsp3) is 0.0625. The highest BCUT2D eigenvalue weighted by molar-refractivity contribution is 5.59. The number of hydrogen-bond donors (Lipinski definition) is 1. The molecule has 0 aliphatic rings. The van der Waals surface area contributed by atoms with Gasteiger partial charge in [-0.25, -0.2) is 4.98 Å². The lowest BCUT2D eigenvalue weighted by Crippen LogP contribution is -1.96. The molecule has 0 spiro atoms. The Bertz CT molecular complexity index is 702. The van der Waals surface area contributed by atoms with E-state index in [-0.39, 0.29) is 0 Å². The molecule has 1 N–H and O–H groups in total. The summed E-state index contributed by atoms with van der Waals surface area (Å²) in [7, 11) is 0. The predicted molar refractivity (Wildman–Crippen MR) is 75.4 cm³/mol. The molecule has 1 aromatic heterocycles. The first kappa shape index (κ1) is 11.5. The van der Waals surface area contributed by atoms with Gasteiger partial charge in [-0.2, -0.15) is 0 Å². The normalized spacial score (nSPS) is 10.6. The molecular weight excluding hydrogens is 236 g/mol. The van der Waals surface area contributed by atoms with E-state index in [0.717, 1.165) is 22.6 Å². The van der Waals surface area contributed by atoms with Crippen molar-refractivity contribution in [1.82, 2.24) is 9.55 Å². The van der Waals surface area contributed by atoms with Crippen LogP contribution in [0.5, 0.6) is 5.75 Å². The Balaban J connectivity index is 2.12. The van der Waals surface area contributed by atoms with Gasteiger partial charge >= 0.3 is 0 Å². The van der Waals surface area contributed by atoms with Gasteiger partial charge in [-0.3, -0.25) is 4.57 Å². The second kappa shape index (κ2) is 4.61. The van der Waals surface area contributed by atoms with Crippen molar-refractivity contribution < 1.29 is 5.11 Å². The van der Waals surface area contributed by atoms with Crippen LogP contribution in [0.3, 0.4) is 0 Å². The molecule has 0 fully saturated rings. The van der Waals surface area contributed by atoms with Crippen LogP contribution in [0, 0.1) is 6.92 Å². The van der Waals surface area contributed by atoms with Crippen LogP contribution in [-0.2, 0) is 0 Å². The molecule has 0 aliphatic carbocycles. The molecule has 3 heteroatoms. The minimum Gasteiger partial charge on any atom is -0.508 e. The lowest BCUT2D eigenvalue weighted by Gasteiger charge is -2.09. The van der Waals surface area contributed by atoms with Gasteiger partial charge in [0.2, 0.25) is 0 Å². The van der Waals surface area contributed by atoms with E-state index in [4.69, 9.17) is 0 Å². The lowest BCUT2D eigenvalue weighted by atomic mass is 10.2. The highest BCUT2D eigenvalue weighted by Gasteiger charge is 2.08. The van der Waals surface area contributed by atoms with Crippen LogP contribution in [0.25, 0.3) is 17.1 Å². The predicted octanol–water partition coefficient (Wildman–Crippen LogP) is 3.55. The fourth-order valence-corrected chi connectivity index (χ4v) is 2.06. The average Bonchev–Trinajstić information content (AvgIpc) is 2.92. The zero-order valence-corrected chi connectivity index (χ0v) is 10.6. The van der Waals surface area contributed by atoms with Crippen LogP contribution in [0.1, 0.15) is 5.56 Å². The third-order valence-corrected chi connectivity index (χ3v) is 3.14. The van der Waals surface area contributed by atoms with Crippen molar-refractivity contribution in [2.45, 2.75) is 6.92 Å². The lowest BCUT2D eigenvalue weighted by molar-refractivity contribution is 0.471. The molecule has 3 rings (SSSR count). The van der Waals surface area contributed by atoms with E-state index in [0.29, 0.717) is 5.75 Å². The number of nitrogens with zero attached hydrogens (tertiary/aromatic N) is 2. The summed E-state index contributed by atoms with van der Waals surface area (Å²) in [6.07, 6.45) is 3.66. The topological polar surface area (TPSA) is 38.0 Å². The second-order valence-corrected chi connectivity index (χ2v) is 4.46. The van der Waals surface area contributed by atoms with Crippen LogP contribution < -0.4 is 0 Å². The van der Waals surface area contributed by atoms with Gasteiger partial charge in [-0.15, -0.1) is 0 Å². The van der Waals surface area contributed by atoms with E-state index in [1.54, 1.807) is 12.3 Å². The summed E-state index contributed by atoms with van der Waals surface area (Å²) in [5, 5.41) is 9.83. The number of aryl methyl sites for hydroxylation is 1. The smallest absolute Gasteiger partial charge is 0.144 e. The van der Waals surface area contributed by atoms with E-state index < -0.39 is 0 Å². The number of imidazole rings is 1. The molecule has 0 aliphatic heterocycles. The first-order valence-corrected chi connectivity index (χ1v) is 6.14. The van der Waals surface area contributed by atoms with Gasteiger partial charge in [0.25, 0.3) is 0 Å². The molecule has 0 bridgehead atoms. The number of hydrogen-bond acceptors (Lipinski definition) is 2. The number of phenols is 1. The van der Waals surface area contributed by atoms with Crippen molar-refractivity contribution in [1.29, 1.82) is 0 Å². The summed E-state index contributed by atoms with van der Waals surface area (Å²) in [4.78, 5) is 4.40. The van der Waals surface area contributed by atoms with E-state index in [1.165, 1.54) is 0 Å². The number of aromatic hydroxyl groups is 1. The molecule has 0 amide bonds. The summed E-state index contributed by atoms with van der Waals surface area (Å²) in [5.41, 5.74) is 2.82. The first-order valence-electron chi connectivity index (χ1n) is 6.14. The van der Waals surface area contributed by atoms with E-state index >= 15 is 0 Å². The van der Waals surface area contributed by atoms with Crippen LogP contribution in [0.15, 0.2) is 60.9 Å². The molecule has 2 aromatic carbocycles. The van der Waals surface area contributed by atoms with Gasteiger partial charge in [0, 0.05) is 24.0 Å². The van der Waals surface area contributed by atoms with E-state index in [9.17, 15) is 5.11 Å². The third-order valence-electron chi connectivity index (χ3n) is 3.14. The van der Waals surface area contributed by atoms with Gasteiger partial charge in [0.15, 0.2) is 0 Å². The molecule has 1 heterocycles. The zero-order valence-electron chi connectivity index (χ0n) is 10.6. The number of benzene rings is 2. The standard InChI is InChI=1S/C16H14N2O/c1-12-7-8-14(11-15(12)19)18-10-9-17-16(18)13-5-3-2-4-6-13/h2-11,19H,1H3. The summed E-state index contributed by atoms with van der Waals surface area (Å²) in [6, 6.07) is 15.6. The summed E-state index contributed by atoms with van der Waals surface area (Å²) >= 11 is 0. The Kier molecular flexibility index (Phi) is 2.80. The van der Waals surface area contributed by atoms with Crippen LogP contribution in [-0.4, -0.2) is 14.7 Å². The Morgan fingerprint density at radius 3 is 2.58 bits per heavy atom. The quantitative estimate of drug-likeness (QED) is 0.755. The largest absolute Gasteiger partial charge is 0.508 e. The molecular formula is C16H14N2O. The molecule has 0 atom stereocenters. The molecule has 0 saturated heterocycles. The minimum atomic E-state index is 0.296. The maximum absolute atomic E-state index is 9.83. The van der Waals surface area contributed by atoms with E-state index in [1.807, 2.05) is 60.2 Å². The fourth-order valence-electron chi connectivity index (χ4n) is 2.06. The SMILES string of the molecule is Cc1ccc(-n2ccnc2-c2ccccc2)cc1O. The zero-order chi connectivity index (χ0) is 13.2. The van der Waals surface area contributed by atoms with Crippen LogP contribution in [0.4, 0.5) is 0 Å². The highest BCUT2D eigenvalue weighted by Crippen LogP contribution is 2.25. The summed E-state index contributed by atoms with van der Waals surface area (Å²) in [6.45, 7) is 1.88. The van der Waals surface area contributed by atoms with Crippen LogP contribution >= 0.6 is 0 Å². The second-order valence-electron chi connectivity index (χ2n) is 4.46. The van der Waals surface area contributed by atoms with Crippen molar-refractivity contribution in [2.75, 3.05) is 0 Å². The minimum absolute atomic E-state index is 0.296. The molecule has 0 saturated carbocycles. The van der Waals surface area contributed by atoms with Gasteiger partial charge in [-0.1, -0.05) is 36.4 Å². The summed E-state index contributed by atoms with van der Waals surface area (Å²) < 4.78 is 1.97. The molecule has 3 aromatic rings. The molecule has 19 heavy (non-hydrogen) atoms. The summed E-state index contributed by atoms with van der Waals surface area (Å²) in [5.74, 6) is 1.16. The Morgan fingerprint density at radius 2 is 1.84 bits per heavy atom. The van der Waals surface area contributed by atoms with Crippen molar-refractivity contribution in [2.24, 2.45) is 0 Å². The molecule has 94 valence electrons. The maximum Gasteiger partial charge on any atom is 0.144 e. The monoisotopic (exact) mass is 250 g/mol. The third kappa shape index (κ3) is 2.10. The molecule has 0 unspecified atom stereocenters. The molecule has 0 radical (unpaired) electrons. The van der Waals surface area contributed by atoms with Crippen molar-refractivity contribution >= 4 is 0 Å². The highest BCUT2D eigenvalue weighted by atomic mass is 16.3. The average molecular weight is 250 g/mol. The molecule has 3 nitrogen and oxygen atoms in total. The number of phenolic OH excluding ortho intramolecular Hbond substituents is 1. The maximum atomic E-state index is 9.83. The Labute approximate surface area is 111 Å². The van der Waals surface area contributed by atoms with E-state index in [2.05, 4.69) is 4.98 Å². The Hall–Kier alpha value is -2.55. The van der Waals surface area contributed by atoms with Crippen molar-refractivity contribution in [3.63, 3.8) is 0 Å². The van der Waals surface area contributed by atoms with Crippen molar-refractivity contribution in [3.8, 4) is 22.8 Å². The van der Waals surface area contributed by atoms with Gasteiger partial charge < -0.3 is 5.11 Å². The number of rotatable bonds is 2. The number of aromatic nitrogens is 2.